The van der Waals surface area contributed by atoms with Crippen LogP contribution in [0.3, 0.4) is 0 Å². The summed E-state index contributed by atoms with van der Waals surface area (Å²) in [4.78, 5) is 10.5. The zero-order chi connectivity index (χ0) is 17.1. The topological polar surface area (TPSA) is 31.4 Å². The Hall–Kier alpha value is -1.50. The fourth-order valence-corrected chi connectivity index (χ4v) is 4.58. The molecule has 6 heteroatoms. The molecule has 2 aromatic heterocycles. The SMILES string of the molecule is Cc1ccsc1[C@H]1[C@@H](c2ccccn2)NC(=S)N1CCCN(C)C. The maximum atomic E-state index is 5.67. The largest absolute Gasteiger partial charge is 0.352 e. The lowest BCUT2D eigenvalue weighted by atomic mass is 10.0. The summed E-state index contributed by atoms with van der Waals surface area (Å²) in [7, 11) is 4.22. The zero-order valence-corrected chi connectivity index (χ0v) is 16.0. The summed E-state index contributed by atoms with van der Waals surface area (Å²) in [6.45, 7) is 4.19. The van der Waals surface area contributed by atoms with Gasteiger partial charge in [-0.3, -0.25) is 4.98 Å². The van der Waals surface area contributed by atoms with E-state index in [1.165, 1.54) is 10.4 Å². The highest BCUT2D eigenvalue weighted by Gasteiger charge is 2.40. The average Bonchev–Trinajstić information content (AvgIpc) is 3.11. The van der Waals surface area contributed by atoms with Crippen molar-refractivity contribution in [2.24, 2.45) is 0 Å². The van der Waals surface area contributed by atoms with Gasteiger partial charge in [0.25, 0.3) is 0 Å². The molecule has 2 aromatic rings. The Morgan fingerprint density at radius 3 is 2.79 bits per heavy atom. The molecule has 1 aliphatic heterocycles. The van der Waals surface area contributed by atoms with Gasteiger partial charge in [-0.2, -0.15) is 0 Å². The fourth-order valence-electron chi connectivity index (χ4n) is 3.18. The molecule has 0 unspecified atom stereocenters. The van der Waals surface area contributed by atoms with Crippen molar-refractivity contribution >= 4 is 28.7 Å². The molecule has 24 heavy (non-hydrogen) atoms. The molecule has 0 amide bonds. The van der Waals surface area contributed by atoms with Gasteiger partial charge in [0.1, 0.15) is 0 Å². The van der Waals surface area contributed by atoms with Crippen LogP contribution in [0, 0.1) is 6.92 Å². The molecular weight excluding hydrogens is 336 g/mol. The highest BCUT2D eigenvalue weighted by molar-refractivity contribution is 7.80. The molecule has 0 spiro atoms. The van der Waals surface area contributed by atoms with E-state index in [0.29, 0.717) is 0 Å². The van der Waals surface area contributed by atoms with Gasteiger partial charge in [0.2, 0.25) is 0 Å². The third kappa shape index (κ3) is 3.61. The summed E-state index contributed by atoms with van der Waals surface area (Å²) in [6, 6.07) is 8.59. The van der Waals surface area contributed by atoms with Gasteiger partial charge in [0, 0.05) is 17.6 Å². The summed E-state index contributed by atoms with van der Waals surface area (Å²) in [5, 5.41) is 6.51. The number of nitrogens with one attached hydrogen (secondary N) is 1. The van der Waals surface area contributed by atoms with E-state index in [4.69, 9.17) is 12.2 Å². The normalized spacial score (nSPS) is 20.7. The van der Waals surface area contributed by atoms with Crippen LogP contribution in [0.1, 0.15) is 34.6 Å². The minimum absolute atomic E-state index is 0.107. The Kier molecular flexibility index (Phi) is 5.48. The van der Waals surface area contributed by atoms with Crippen LogP contribution in [0.25, 0.3) is 0 Å². The molecule has 128 valence electrons. The van der Waals surface area contributed by atoms with Crippen molar-refractivity contribution in [3.8, 4) is 0 Å². The third-order valence-electron chi connectivity index (χ3n) is 4.37. The van der Waals surface area contributed by atoms with E-state index in [1.54, 1.807) is 0 Å². The van der Waals surface area contributed by atoms with Crippen LogP contribution < -0.4 is 5.32 Å². The standard InChI is InChI=1S/C18H24N4S2/c1-13-8-12-24-17(13)16-15(14-7-4-5-9-19-14)20-18(23)22(16)11-6-10-21(2)3/h4-5,7-9,12,15-16H,6,10-11H2,1-3H3,(H,20,23)/t15-,16-/m1/s1. The molecule has 3 heterocycles. The number of hydrogen-bond donors (Lipinski definition) is 1. The lowest BCUT2D eigenvalue weighted by Crippen LogP contribution is -2.32. The smallest absolute Gasteiger partial charge is 0.170 e. The van der Waals surface area contributed by atoms with E-state index >= 15 is 0 Å². The van der Waals surface area contributed by atoms with Gasteiger partial charge in [0.05, 0.1) is 17.8 Å². The van der Waals surface area contributed by atoms with Gasteiger partial charge >= 0.3 is 0 Å². The highest BCUT2D eigenvalue weighted by atomic mass is 32.1. The quantitative estimate of drug-likeness (QED) is 0.798. The Morgan fingerprint density at radius 1 is 1.33 bits per heavy atom. The molecule has 1 fully saturated rings. The molecule has 0 radical (unpaired) electrons. The molecule has 0 bridgehead atoms. The van der Waals surface area contributed by atoms with Gasteiger partial charge in [-0.05, 0) is 75.3 Å². The van der Waals surface area contributed by atoms with Crippen molar-refractivity contribution in [3.63, 3.8) is 0 Å². The fraction of sp³-hybridized carbons (Fsp3) is 0.444. The summed E-state index contributed by atoms with van der Waals surface area (Å²) in [5.74, 6) is 0. The molecule has 0 saturated carbocycles. The van der Waals surface area contributed by atoms with Crippen molar-refractivity contribution < 1.29 is 0 Å². The molecule has 1 aliphatic rings. The van der Waals surface area contributed by atoms with E-state index < -0.39 is 0 Å². The number of pyridine rings is 1. The number of thiophene rings is 1. The first-order valence-electron chi connectivity index (χ1n) is 8.24. The first-order valence-corrected chi connectivity index (χ1v) is 9.53. The van der Waals surface area contributed by atoms with E-state index in [9.17, 15) is 0 Å². The molecule has 4 nitrogen and oxygen atoms in total. The van der Waals surface area contributed by atoms with Crippen molar-refractivity contribution in [2.45, 2.75) is 25.4 Å². The number of nitrogens with zero attached hydrogens (tertiary/aromatic N) is 3. The predicted molar refractivity (Wildman–Crippen MR) is 104 cm³/mol. The van der Waals surface area contributed by atoms with Gasteiger partial charge in [-0.25, -0.2) is 0 Å². The summed E-state index contributed by atoms with van der Waals surface area (Å²) < 4.78 is 0. The number of aryl methyl sites for hydroxylation is 1. The minimum Gasteiger partial charge on any atom is -0.352 e. The van der Waals surface area contributed by atoms with Crippen LogP contribution in [0.4, 0.5) is 0 Å². The van der Waals surface area contributed by atoms with Gasteiger partial charge in [-0.15, -0.1) is 11.3 Å². The highest BCUT2D eigenvalue weighted by Crippen LogP contribution is 2.41. The third-order valence-corrected chi connectivity index (χ3v) is 5.81. The van der Waals surface area contributed by atoms with E-state index in [1.807, 2.05) is 29.7 Å². The first kappa shape index (κ1) is 17.3. The van der Waals surface area contributed by atoms with Crippen molar-refractivity contribution in [2.75, 3.05) is 27.2 Å². The zero-order valence-electron chi connectivity index (χ0n) is 14.4. The monoisotopic (exact) mass is 360 g/mol. The van der Waals surface area contributed by atoms with Crippen molar-refractivity contribution in [3.05, 3.63) is 52.0 Å². The van der Waals surface area contributed by atoms with Crippen LogP contribution in [-0.4, -0.2) is 47.1 Å². The molecule has 0 aromatic carbocycles. The van der Waals surface area contributed by atoms with Crippen LogP contribution in [0.5, 0.6) is 0 Å². The van der Waals surface area contributed by atoms with Crippen LogP contribution in [-0.2, 0) is 0 Å². The van der Waals surface area contributed by atoms with Crippen molar-refractivity contribution in [1.29, 1.82) is 0 Å². The van der Waals surface area contributed by atoms with Crippen molar-refractivity contribution in [1.82, 2.24) is 20.1 Å². The van der Waals surface area contributed by atoms with E-state index in [2.05, 4.69) is 58.6 Å². The van der Waals surface area contributed by atoms with Gasteiger partial charge in [-0.1, -0.05) is 6.07 Å². The second-order valence-electron chi connectivity index (χ2n) is 6.44. The Balaban J connectivity index is 1.90. The Morgan fingerprint density at radius 2 is 2.17 bits per heavy atom. The number of thiocarbonyl (C=S) groups is 1. The van der Waals surface area contributed by atoms with E-state index in [-0.39, 0.29) is 12.1 Å². The van der Waals surface area contributed by atoms with Crippen LogP contribution >= 0.6 is 23.6 Å². The molecule has 2 atom stereocenters. The maximum Gasteiger partial charge on any atom is 0.170 e. The van der Waals surface area contributed by atoms with Crippen LogP contribution in [0.2, 0.25) is 0 Å². The average molecular weight is 361 g/mol. The Bertz CT molecular complexity index is 683. The summed E-state index contributed by atoms with van der Waals surface area (Å²) in [6.07, 6.45) is 2.94. The molecule has 3 rings (SSSR count). The van der Waals surface area contributed by atoms with Gasteiger partial charge in [0.15, 0.2) is 5.11 Å². The number of rotatable bonds is 6. The minimum atomic E-state index is 0.107. The maximum absolute atomic E-state index is 5.67. The number of aromatic nitrogens is 1. The lowest BCUT2D eigenvalue weighted by molar-refractivity contribution is 0.295. The van der Waals surface area contributed by atoms with Gasteiger partial charge < -0.3 is 15.1 Å². The van der Waals surface area contributed by atoms with Crippen LogP contribution in [0.15, 0.2) is 35.8 Å². The first-order chi connectivity index (χ1) is 11.6. The second kappa shape index (κ2) is 7.59. The molecule has 0 aliphatic carbocycles. The summed E-state index contributed by atoms with van der Waals surface area (Å²) in [5.41, 5.74) is 2.38. The number of hydrogen-bond acceptors (Lipinski definition) is 4. The predicted octanol–water partition coefficient (Wildman–Crippen LogP) is 3.38. The second-order valence-corrected chi connectivity index (χ2v) is 7.78. The Labute approximate surface area is 153 Å². The van der Waals surface area contributed by atoms with E-state index in [0.717, 1.165) is 30.3 Å². The molecular formula is C18H24N4S2. The lowest BCUT2D eigenvalue weighted by Gasteiger charge is -2.28. The molecule has 1 saturated heterocycles. The summed E-state index contributed by atoms with van der Waals surface area (Å²) >= 11 is 7.48. The molecule has 1 N–H and O–H groups in total.